The van der Waals surface area contributed by atoms with Gasteiger partial charge in [-0.2, -0.15) is 0 Å². The molecular weight excluding hydrogens is 1650 g/mol. The topological polar surface area (TPSA) is 20.7 Å². The molecule has 131 heavy (non-hydrogen) atoms. The average molecular weight is 1790 g/mol. The Bertz CT molecular complexity index is 6630. The van der Waals surface area contributed by atoms with Crippen LogP contribution in [-0.4, -0.2) is 9.55 Å². The minimum absolute atomic E-state index is 0.273. The summed E-state index contributed by atoms with van der Waals surface area (Å²) in [7, 11) is 0. The molecule has 2 unspecified atom stereocenters. The molecule has 8 fully saturated rings. The maximum atomic E-state index is 3.77. The zero-order valence-corrected chi connectivity index (χ0v) is 81.5. The third-order valence-electron chi connectivity index (χ3n) is 40.1. The summed E-state index contributed by atoms with van der Waals surface area (Å²) in [6.07, 6.45) is 35.2. The molecule has 12 aromatic carbocycles. The Hall–Kier alpha value is -9.28. The van der Waals surface area contributed by atoms with Crippen LogP contribution in [0.25, 0.3) is 93.8 Å². The second-order valence-corrected chi connectivity index (χ2v) is 47.5. The van der Waals surface area contributed by atoms with Crippen molar-refractivity contribution in [2.45, 2.75) is 246 Å². The Morgan fingerprint density at radius 3 is 1.20 bits per heavy atom. The number of para-hydroxylation sites is 2. The highest BCUT2D eigenvalue weighted by Gasteiger charge is 2.64. The molecule has 3 heteroatoms. The SMILES string of the molecule is CC(C)CCC[C@@H](C)[C@H]1CC[C@H]2[C@@H]3CC[C@H]4CC(c5ccc(-n6c7ccccc7c7ccc8c(c76)-c6ccccc6C86c7ccccc7-c7ccccc76)cc5)CC[C@]4(C)[C@H]3CC[C@]12C.CC(C)CCC[C@@H](C)[C@H]1CC[C@H]2[C@@H]3CC[C@H]4CC(c5ccc(Br)cc5)CC[C@]4(C)[C@H]3CC[C@]12C.c1ccc2c(c1)-c1ccccc1C21c2ccccc2-c2c1ccc1c2[nH]c2ccccc21. The van der Waals surface area contributed by atoms with Crippen molar-refractivity contribution in [3.05, 3.63) is 327 Å². The summed E-state index contributed by atoms with van der Waals surface area (Å²) >= 11 is 3.63. The lowest BCUT2D eigenvalue weighted by Crippen LogP contribution is -2.53. The van der Waals surface area contributed by atoms with Crippen LogP contribution in [0.1, 0.15) is 291 Å². The van der Waals surface area contributed by atoms with Crippen LogP contribution >= 0.6 is 15.9 Å². The zero-order valence-electron chi connectivity index (χ0n) is 79.9. The van der Waals surface area contributed by atoms with E-state index in [1.54, 1.807) is 17.5 Å². The molecule has 1 N–H and O–H groups in total. The summed E-state index contributed by atoms with van der Waals surface area (Å²) in [5.74, 6) is 14.6. The van der Waals surface area contributed by atoms with E-state index < -0.39 is 0 Å². The Morgan fingerprint density at radius 1 is 0.328 bits per heavy atom. The summed E-state index contributed by atoms with van der Waals surface area (Å²) in [4.78, 5) is 3.77. The molecule has 2 nitrogen and oxygen atoms in total. The summed E-state index contributed by atoms with van der Waals surface area (Å²) in [5.41, 5.74) is 33.2. The number of nitrogens with one attached hydrogen (secondary N) is 1. The number of H-pyrrole nitrogens is 1. The molecule has 14 aromatic rings. The molecule has 668 valence electrons. The molecule has 0 saturated heterocycles. The maximum absolute atomic E-state index is 3.77. The van der Waals surface area contributed by atoms with Crippen LogP contribution in [0.5, 0.6) is 0 Å². The Kier molecular flexibility index (Phi) is 21.0. The predicted molar refractivity (Wildman–Crippen MR) is 555 cm³/mol. The Labute approximate surface area is 791 Å². The largest absolute Gasteiger partial charge is 0.354 e. The van der Waals surface area contributed by atoms with Gasteiger partial charge in [0.1, 0.15) is 0 Å². The van der Waals surface area contributed by atoms with E-state index in [-0.39, 0.29) is 10.8 Å². The molecule has 0 bridgehead atoms. The van der Waals surface area contributed by atoms with Gasteiger partial charge in [-0.1, -0.05) is 354 Å². The fraction of sp³-hybridized carbons (Fsp3) is 0.438. The van der Waals surface area contributed by atoms with Crippen LogP contribution < -0.4 is 0 Å². The van der Waals surface area contributed by atoms with Crippen molar-refractivity contribution in [2.75, 3.05) is 0 Å². The monoisotopic (exact) mass is 1780 g/mol. The van der Waals surface area contributed by atoms with E-state index in [1.807, 2.05) is 0 Å². The number of hydrogen-bond donors (Lipinski definition) is 1. The highest BCUT2D eigenvalue weighted by molar-refractivity contribution is 9.10. The summed E-state index contributed by atoms with van der Waals surface area (Å²) in [6.45, 7) is 25.9. The molecule has 0 radical (unpaired) electrons. The van der Waals surface area contributed by atoms with E-state index in [2.05, 4.69) is 362 Å². The Balaban J connectivity index is 0.000000120. The molecular formula is C128H139BrN2. The van der Waals surface area contributed by atoms with E-state index in [1.165, 1.54) is 290 Å². The lowest BCUT2D eigenvalue weighted by molar-refractivity contribution is -0.117. The number of aromatic amines is 1. The summed E-state index contributed by atoms with van der Waals surface area (Å²) in [5, 5.41) is 5.25. The number of nitrogens with zero attached hydrogens (tertiary/aromatic N) is 1. The molecule has 2 spiro atoms. The van der Waals surface area contributed by atoms with Gasteiger partial charge < -0.3 is 9.55 Å². The van der Waals surface area contributed by atoms with Gasteiger partial charge in [-0.3, -0.25) is 0 Å². The molecule has 18 atom stereocenters. The van der Waals surface area contributed by atoms with Gasteiger partial charge in [-0.05, 0) is 357 Å². The second kappa shape index (κ2) is 32.5. The van der Waals surface area contributed by atoms with Crippen molar-refractivity contribution in [2.24, 2.45) is 105 Å². The number of benzene rings is 12. The molecule has 12 aliphatic rings. The standard InChI is InChI=1S/C64H69N.C33H51Br.C31H19N/c1-40(2)15-14-16-41(3)52-33-34-53-50-30-27-44-39-43(35-37-62(44,4)54(50)36-38-63(52,53)5)42-25-28-45(29-26-42)65-59-24-13-9-19-48(59)49-31-32-58-60(61(49)65)51-20-8-12-23-57(51)64(58)55-21-10-6-17-46(55)47-18-7-11-22-56(47)64;1-22(2)7-6-8-23(3)29-15-16-30-28-14-11-26-21-25(24-9-12-27(34)13-10-24)17-19-32(26,4)31(28)18-20-33(29,30)5;1-5-13-24-19(9-1)20-10-2-6-14-25(20)31(24)26-15-7-3-12-23(26)29-27(31)18-17-22-21-11-4-8-16-28(21)32-30(22)29/h6-13,17-26,28-29,31-32,40-41,43-44,50,52-54H,14-16,27,30,33-39H2,1-5H3;9-10,12-13,22-23,25-26,28-31H,6-8,11,14-21H2,1-5H3;1-18,32H/t41-,43?,44+,50+,52-,53+,54+,62+,63-;23-,25?,26+,28+,29-,30+,31+,32+,33-;/m11./s1. The van der Waals surface area contributed by atoms with E-state index >= 15 is 0 Å². The van der Waals surface area contributed by atoms with Crippen molar-refractivity contribution >= 4 is 59.5 Å². The minimum Gasteiger partial charge on any atom is -0.354 e. The van der Waals surface area contributed by atoms with Crippen molar-refractivity contribution in [3.63, 3.8) is 0 Å². The van der Waals surface area contributed by atoms with Gasteiger partial charge in [-0.25, -0.2) is 0 Å². The van der Waals surface area contributed by atoms with Gasteiger partial charge in [0.05, 0.1) is 27.4 Å². The van der Waals surface area contributed by atoms with Gasteiger partial charge in [0.2, 0.25) is 0 Å². The van der Waals surface area contributed by atoms with Crippen LogP contribution in [0, 0.1) is 105 Å². The lowest BCUT2D eigenvalue weighted by atomic mass is 9.43. The number of aromatic nitrogens is 2. The second-order valence-electron chi connectivity index (χ2n) is 46.6. The molecule has 2 aromatic heterocycles. The first-order valence-corrected chi connectivity index (χ1v) is 53.2. The van der Waals surface area contributed by atoms with Crippen LogP contribution in [0.2, 0.25) is 0 Å². The van der Waals surface area contributed by atoms with Gasteiger partial charge >= 0.3 is 0 Å². The van der Waals surface area contributed by atoms with Crippen LogP contribution in [0.4, 0.5) is 0 Å². The smallest absolute Gasteiger partial charge is 0.0726 e. The lowest BCUT2D eigenvalue weighted by Gasteiger charge is -2.61. The third kappa shape index (κ3) is 12.8. The molecule has 0 amide bonds. The van der Waals surface area contributed by atoms with Crippen molar-refractivity contribution in [1.82, 2.24) is 9.55 Å². The number of hydrogen-bond acceptors (Lipinski definition) is 0. The number of fused-ring (bicyclic) bond motifs is 38. The summed E-state index contributed by atoms with van der Waals surface area (Å²) in [6, 6.07) is 101. The fourth-order valence-electron chi connectivity index (χ4n) is 34.2. The normalized spacial score (nSPS) is 29.3. The van der Waals surface area contributed by atoms with Crippen molar-refractivity contribution in [3.8, 4) is 50.2 Å². The van der Waals surface area contributed by atoms with Gasteiger partial charge in [0, 0.05) is 48.3 Å². The van der Waals surface area contributed by atoms with Crippen molar-refractivity contribution < 1.29 is 0 Å². The number of rotatable bonds is 13. The fourth-order valence-corrected chi connectivity index (χ4v) is 34.5. The number of halogens is 1. The molecule has 26 rings (SSSR count). The maximum Gasteiger partial charge on any atom is 0.0726 e. The third-order valence-corrected chi connectivity index (χ3v) is 40.7. The van der Waals surface area contributed by atoms with E-state index in [9.17, 15) is 0 Å². The molecule has 12 aliphatic carbocycles. The van der Waals surface area contributed by atoms with Crippen molar-refractivity contribution in [1.29, 1.82) is 0 Å². The highest BCUT2D eigenvalue weighted by Crippen LogP contribution is 2.73. The quantitative estimate of drug-likeness (QED) is 0.119. The van der Waals surface area contributed by atoms with Gasteiger partial charge in [-0.15, -0.1) is 0 Å². The van der Waals surface area contributed by atoms with Crippen LogP contribution in [-0.2, 0) is 10.8 Å². The first kappa shape index (κ1) is 84.7. The minimum atomic E-state index is -0.352. The van der Waals surface area contributed by atoms with E-state index in [4.69, 9.17) is 0 Å². The van der Waals surface area contributed by atoms with Crippen LogP contribution in [0.15, 0.2) is 271 Å². The molecule has 8 saturated carbocycles. The van der Waals surface area contributed by atoms with Gasteiger partial charge in [0.15, 0.2) is 0 Å². The Morgan fingerprint density at radius 2 is 0.718 bits per heavy atom. The molecule has 0 aliphatic heterocycles. The summed E-state index contributed by atoms with van der Waals surface area (Å²) < 4.78 is 3.83. The highest BCUT2D eigenvalue weighted by atomic mass is 79.9. The van der Waals surface area contributed by atoms with E-state index in [0.717, 1.165) is 88.8 Å². The molecule has 2 heterocycles. The van der Waals surface area contributed by atoms with Crippen LogP contribution in [0.3, 0.4) is 0 Å². The first-order chi connectivity index (χ1) is 63.8. The first-order valence-electron chi connectivity index (χ1n) is 52.4. The zero-order chi connectivity index (χ0) is 88.8. The van der Waals surface area contributed by atoms with E-state index in [0.29, 0.717) is 27.6 Å². The predicted octanol–water partition coefficient (Wildman–Crippen LogP) is 35.7. The van der Waals surface area contributed by atoms with Gasteiger partial charge in [0.25, 0.3) is 0 Å². The average Bonchev–Trinajstić information content (AvgIpc) is 1.50.